The van der Waals surface area contributed by atoms with Crippen molar-refractivity contribution in [1.29, 1.82) is 0 Å². The predicted octanol–water partition coefficient (Wildman–Crippen LogP) is 2.85. The Labute approximate surface area is 126 Å². The number of carbonyl (C=O) groups is 1. The second-order valence-electron chi connectivity index (χ2n) is 4.92. The molecule has 0 unspecified atom stereocenters. The molecule has 0 amide bonds. The molecule has 118 valence electrons. The van der Waals surface area contributed by atoms with Gasteiger partial charge in [0.05, 0.1) is 5.57 Å². The lowest BCUT2D eigenvalue weighted by atomic mass is 10.1. The van der Waals surface area contributed by atoms with E-state index in [-0.39, 0.29) is 12.3 Å². The first kappa shape index (κ1) is 17.3. The Morgan fingerprint density at radius 2 is 2.05 bits per heavy atom. The highest BCUT2D eigenvalue weighted by molar-refractivity contribution is 5.66. The van der Waals surface area contributed by atoms with Crippen LogP contribution in [-0.2, 0) is 4.79 Å². The number of halogens is 1. The average molecular weight is 296 g/mol. The summed E-state index contributed by atoms with van der Waals surface area (Å²) >= 11 is 0. The summed E-state index contributed by atoms with van der Waals surface area (Å²) in [5, 5.41) is 13.3. The van der Waals surface area contributed by atoms with E-state index >= 15 is 0 Å². The van der Waals surface area contributed by atoms with Crippen molar-refractivity contribution in [3.63, 3.8) is 0 Å². The number of aliphatic hydroxyl groups excluding tert-OH is 1. The molecule has 21 heavy (non-hydrogen) atoms. The maximum atomic E-state index is 12.5. The number of carbonyl (C=O) groups excluding carboxylic acids is 1. The molecule has 1 aliphatic heterocycles. The Morgan fingerprint density at radius 3 is 2.62 bits per heavy atom. The van der Waals surface area contributed by atoms with Gasteiger partial charge < -0.3 is 15.3 Å². The third-order valence-electron chi connectivity index (χ3n) is 3.33. The van der Waals surface area contributed by atoms with Gasteiger partial charge >= 0.3 is 0 Å². The van der Waals surface area contributed by atoms with Crippen LogP contribution in [0.5, 0.6) is 0 Å². The summed E-state index contributed by atoms with van der Waals surface area (Å²) in [5.41, 5.74) is 0.541. The monoisotopic (exact) mass is 296 g/mol. The van der Waals surface area contributed by atoms with Gasteiger partial charge in [-0.25, -0.2) is 4.39 Å². The zero-order valence-corrected chi connectivity index (χ0v) is 12.6. The largest absolute Gasteiger partial charge is 0.508 e. The third kappa shape index (κ3) is 5.61. The SMILES string of the molecule is CC/C=C(/O)C(C=CC=O)=C(NCCF)N1CCCCC1. The molecule has 1 rings (SSSR count). The van der Waals surface area contributed by atoms with E-state index in [1.54, 1.807) is 12.2 Å². The summed E-state index contributed by atoms with van der Waals surface area (Å²) in [7, 11) is 0. The Balaban J connectivity index is 3.16. The Kier molecular flexibility index (Phi) is 8.24. The zero-order chi connectivity index (χ0) is 15.5. The number of likely N-dealkylation sites (tertiary alicyclic amines) is 1. The van der Waals surface area contributed by atoms with Crippen LogP contribution < -0.4 is 5.32 Å². The van der Waals surface area contributed by atoms with Crippen molar-refractivity contribution in [3.05, 3.63) is 35.4 Å². The van der Waals surface area contributed by atoms with Gasteiger partial charge in [-0.3, -0.25) is 4.79 Å². The van der Waals surface area contributed by atoms with Crippen LogP contribution in [0.1, 0.15) is 32.6 Å². The van der Waals surface area contributed by atoms with Crippen LogP contribution in [0.15, 0.2) is 35.4 Å². The quantitative estimate of drug-likeness (QED) is 0.313. The molecule has 1 saturated heterocycles. The molecule has 2 N–H and O–H groups in total. The van der Waals surface area contributed by atoms with Gasteiger partial charge in [-0.15, -0.1) is 0 Å². The molecular formula is C16H25FN2O2. The molecule has 0 aromatic heterocycles. The van der Waals surface area contributed by atoms with E-state index in [0.717, 1.165) is 25.9 Å². The Bertz CT molecular complexity index is 411. The number of rotatable bonds is 8. The number of allylic oxidation sites excluding steroid dienone is 3. The van der Waals surface area contributed by atoms with Gasteiger partial charge in [0.2, 0.25) is 0 Å². The van der Waals surface area contributed by atoms with Crippen LogP contribution in [0.25, 0.3) is 0 Å². The second-order valence-corrected chi connectivity index (χ2v) is 4.92. The Hall–Kier alpha value is -1.78. The maximum absolute atomic E-state index is 12.5. The molecule has 5 heteroatoms. The summed E-state index contributed by atoms with van der Waals surface area (Å²) in [6, 6.07) is 0. The average Bonchev–Trinajstić information content (AvgIpc) is 2.51. The van der Waals surface area contributed by atoms with Crippen LogP contribution in [0.4, 0.5) is 4.39 Å². The molecule has 0 aromatic rings. The predicted molar refractivity (Wildman–Crippen MR) is 82.6 cm³/mol. The van der Waals surface area contributed by atoms with Gasteiger partial charge in [0.15, 0.2) is 0 Å². The highest BCUT2D eigenvalue weighted by Gasteiger charge is 2.18. The lowest BCUT2D eigenvalue weighted by Crippen LogP contribution is -2.37. The first-order valence-corrected chi connectivity index (χ1v) is 7.55. The second kappa shape index (κ2) is 10.0. The van der Waals surface area contributed by atoms with Crippen LogP contribution >= 0.6 is 0 Å². The molecule has 1 heterocycles. The molecule has 4 nitrogen and oxygen atoms in total. The van der Waals surface area contributed by atoms with Crippen LogP contribution in [0.3, 0.4) is 0 Å². The standard InChI is InChI=1S/C16H25FN2O2/c1-2-7-15(21)14(8-6-13-20)16(18-10-9-17)19-11-4-3-5-12-19/h6-8,13,18,21H,2-5,9-12H2,1H3/b8-6?,15-7+,16-14?. The van der Waals surface area contributed by atoms with Gasteiger partial charge in [-0.05, 0) is 43.9 Å². The van der Waals surface area contributed by atoms with E-state index in [1.807, 2.05) is 6.92 Å². The molecule has 1 fully saturated rings. The first-order valence-electron chi connectivity index (χ1n) is 7.55. The van der Waals surface area contributed by atoms with E-state index in [9.17, 15) is 14.3 Å². The van der Waals surface area contributed by atoms with E-state index in [4.69, 9.17) is 0 Å². The minimum Gasteiger partial charge on any atom is -0.508 e. The summed E-state index contributed by atoms with van der Waals surface area (Å²) < 4.78 is 12.5. The van der Waals surface area contributed by atoms with Gasteiger partial charge in [-0.2, -0.15) is 0 Å². The van der Waals surface area contributed by atoms with Crippen molar-refractivity contribution >= 4 is 6.29 Å². The topological polar surface area (TPSA) is 52.6 Å². The van der Waals surface area contributed by atoms with Gasteiger partial charge in [0.1, 0.15) is 24.5 Å². The van der Waals surface area contributed by atoms with E-state index in [0.29, 0.717) is 24.1 Å². The minimum atomic E-state index is -0.486. The number of nitrogens with one attached hydrogen (secondary N) is 1. The van der Waals surface area contributed by atoms with Gasteiger partial charge in [0.25, 0.3) is 0 Å². The normalized spacial score (nSPS) is 17.8. The summed E-state index contributed by atoms with van der Waals surface area (Å²) in [6.45, 7) is 3.36. The van der Waals surface area contributed by atoms with Crippen LogP contribution in [-0.4, -0.2) is 42.6 Å². The fraction of sp³-hybridized carbons (Fsp3) is 0.562. The molecular weight excluding hydrogens is 271 g/mol. The number of piperidine rings is 1. The van der Waals surface area contributed by atoms with Crippen molar-refractivity contribution in [1.82, 2.24) is 10.2 Å². The Morgan fingerprint density at radius 1 is 1.33 bits per heavy atom. The number of hydrogen-bond acceptors (Lipinski definition) is 4. The number of alkyl halides is 1. The molecule has 0 saturated carbocycles. The fourth-order valence-electron chi connectivity index (χ4n) is 2.38. The lowest BCUT2D eigenvalue weighted by molar-refractivity contribution is -0.104. The van der Waals surface area contributed by atoms with Gasteiger partial charge in [-0.1, -0.05) is 6.92 Å². The summed E-state index contributed by atoms with van der Waals surface area (Å²) in [5.74, 6) is 0.815. The number of aldehydes is 1. The van der Waals surface area contributed by atoms with Crippen LogP contribution in [0, 0.1) is 0 Å². The van der Waals surface area contributed by atoms with Crippen molar-refractivity contribution in [2.75, 3.05) is 26.3 Å². The number of hydrogen-bond donors (Lipinski definition) is 2. The maximum Gasteiger partial charge on any atom is 0.142 e. The number of nitrogens with zero attached hydrogens (tertiary/aromatic N) is 1. The molecule has 0 aromatic carbocycles. The summed E-state index contributed by atoms with van der Waals surface area (Å²) in [4.78, 5) is 12.7. The molecule has 0 atom stereocenters. The lowest BCUT2D eigenvalue weighted by Gasteiger charge is -2.32. The molecule has 1 aliphatic rings. The van der Waals surface area contributed by atoms with Crippen molar-refractivity contribution in [2.45, 2.75) is 32.6 Å². The molecule has 0 bridgehead atoms. The van der Waals surface area contributed by atoms with Crippen molar-refractivity contribution in [2.24, 2.45) is 0 Å². The summed E-state index contributed by atoms with van der Waals surface area (Å²) in [6.07, 6.45) is 9.28. The first-order chi connectivity index (χ1) is 10.2. The minimum absolute atomic E-state index is 0.113. The smallest absolute Gasteiger partial charge is 0.142 e. The van der Waals surface area contributed by atoms with E-state index in [1.165, 1.54) is 12.5 Å². The van der Waals surface area contributed by atoms with Gasteiger partial charge in [0, 0.05) is 19.6 Å². The third-order valence-corrected chi connectivity index (χ3v) is 3.33. The van der Waals surface area contributed by atoms with E-state index in [2.05, 4.69) is 10.2 Å². The molecule has 0 spiro atoms. The highest BCUT2D eigenvalue weighted by Crippen LogP contribution is 2.20. The molecule has 0 radical (unpaired) electrons. The molecule has 0 aliphatic carbocycles. The van der Waals surface area contributed by atoms with Crippen molar-refractivity contribution in [3.8, 4) is 0 Å². The number of aliphatic hydroxyl groups is 1. The van der Waals surface area contributed by atoms with Crippen LogP contribution in [0.2, 0.25) is 0 Å². The fourth-order valence-corrected chi connectivity index (χ4v) is 2.38. The van der Waals surface area contributed by atoms with Crippen molar-refractivity contribution < 1.29 is 14.3 Å². The zero-order valence-electron chi connectivity index (χ0n) is 12.6. The van der Waals surface area contributed by atoms with E-state index < -0.39 is 6.67 Å². The highest BCUT2D eigenvalue weighted by atomic mass is 19.1.